The third kappa shape index (κ3) is 3.74. The third-order valence-corrected chi connectivity index (χ3v) is 4.92. The van der Waals surface area contributed by atoms with E-state index in [4.69, 9.17) is 4.98 Å². The number of pyridine rings is 1. The molecule has 0 radical (unpaired) electrons. The molecule has 0 unspecified atom stereocenters. The van der Waals surface area contributed by atoms with Crippen LogP contribution in [-0.2, 0) is 0 Å². The van der Waals surface area contributed by atoms with Gasteiger partial charge in [-0.25, -0.2) is 9.97 Å². The van der Waals surface area contributed by atoms with Gasteiger partial charge in [-0.3, -0.25) is 9.78 Å². The molecule has 3 heterocycles. The van der Waals surface area contributed by atoms with Crippen LogP contribution in [0.3, 0.4) is 0 Å². The van der Waals surface area contributed by atoms with Crippen molar-refractivity contribution in [2.75, 3.05) is 19.4 Å². The Kier molecular flexibility index (Phi) is 5.18. The van der Waals surface area contributed by atoms with Gasteiger partial charge in [0.1, 0.15) is 0 Å². The van der Waals surface area contributed by atoms with Gasteiger partial charge < -0.3 is 14.8 Å². The minimum absolute atomic E-state index is 0.0316. The molecule has 1 aromatic carbocycles. The number of fused-ring (bicyclic) bond motifs is 1. The molecule has 0 spiro atoms. The monoisotopic (exact) mass is 400 g/mol. The normalized spacial score (nSPS) is 11.1. The molecule has 7 heteroatoms. The lowest BCUT2D eigenvalue weighted by atomic mass is 10.1. The lowest BCUT2D eigenvalue weighted by Gasteiger charge is -2.11. The van der Waals surface area contributed by atoms with Gasteiger partial charge in [-0.1, -0.05) is 0 Å². The fourth-order valence-corrected chi connectivity index (χ4v) is 3.38. The highest BCUT2D eigenvalue weighted by atomic mass is 16.2. The van der Waals surface area contributed by atoms with Crippen molar-refractivity contribution in [3.05, 3.63) is 66.7 Å². The van der Waals surface area contributed by atoms with Gasteiger partial charge in [0, 0.05) is 60.9 Å². The van der Waals surface area contributed by atoms with E-state index in [0.717, 1.165) is 27.8 Å². The second-order valence-electron chi connectivity index (χ2n) is 7.60. The van der Waals surface area contributed by atoms with Crippen molar-refractivity contribution in [1.29, 1.82) is 0 Å². The Bertz CT molecular complexity index is 1190. The Labute approximate surface area is 175 Å². The second kappa shape index (κ2) is 7.94. The fourth-order valence-electron chi connectivity index (χ4n) is 3.38. The van der Waals surface area contributed by atoms with E-state index < -0.39 is 0 Å². The van der Waals surface area contributed by atoms with Crippen LogP contribution in [0.5, 0.6) is 0 Å². The Morgan fingerprint density at radius 1 is 1.07 bits per heavy atom. The number of hydrogen-bond donors (Lipinski definition) is 1. The van der Waals surface area contributed by atoms with Crippen molar-refractivity contribution in [3.63, 3.8) is 0 Å². The van der Waals surface area contributed by atoms with Crippen molar-refractivity contribution >= 4 is 28.4 Å². The molecule has 0 saturated heterocycles. The molecule has 0 aliphatic heterocycles. The summed E-state index contributed by atoms with van der Waals surface area (Å²) < 4.78 is 2.20. The lowest BCUT2D eigenvalue weighted by molar-refractivity contribution is 0.0827. The zero-order valence-corrected chi connectivity index (χ0v) is 17.5. The number of aromatic nitrogens is 4. The van der Waals surface area contributed by atoms with Gasteiger partial charge in [-0.15, -0.1) is 0 Å². The number of benzene rings is 1. The molecule has 7 nitrogen and oxygen atoms in total. The quantitative estimate of drug-likeness (QED) is 0.533. The van der Waals surface area contributed by atoms with E-state index in [1.165, 1.54) is 0 Å². The molecule has 4 aromatic rings. The van der Waals surface area contributed by atoms with Crippen molar-refractivity contribution in [2.24, 2.45) is 0 Å². The van der Waals surface area contributed by atoms with Gasteiger partial charge in [-0.05, 0) is 50.2 Å². The number of carbonyl (C=O) groups is 1. The summed E-state index contributed by atoms with van der Waals surface area (Å²) in [6, 6.07) is 11.5. The molecular formula is C23H24N6O. The Balaban J connectivity index is 1.64. The number of nitrogens with one attached hydrogen (secondary N) is 1. The number of nitrogens with zero attached hydrogens (tertiary/aromatic N) is 5. The summed E-state index contributed by atoms with van der Waals surface area (Å²) in [4.78, 5) is 26.9. The van der Waals surface area contributed by atoms with Crippen LogP contribution in [0, 0.1) is 0 Å². The van der Waals surface area contributed by atoms with E-state index in [0.29, 0.717) is 17.6 Å². The van der Waals surface area contributed by atoms with Gasteiger partial charge in [0.2, 0.25) is 5.95 Å². The SMILES string of the molecule is CC(C)n1cc(-c2ccnc(Nc3ccc(C(=O)N(C)C)cc3)n2)c2ccncc21. The van der Waals surface area contributed by atoms with E-state index >= 15 is 0 Å². The van der Waals surface area contributed by atoms with Crippen LogP contribution in [0.4, 0.5) is 11.6 Å². The van der Waals surface area contributed by atoms with Crippen LogP contribution in [0.2, 0.25) is 0 Å². The van der Waals surface area contributed by atoms with Gasteiger partial charge in [0.15, 0.2) is 0 Å². The van der Waals surface area contributed by atoms with E-state index in [1.54, 1.807) is 43.5 Å². The lowest BCUT2D eigenvalue weighted by Crippen LogP contribution is -2.21. The summed E-state index contributed by atoms with van der Waals surface area (Å²) in [6.45, 7) is 4.29. The average Bonchev–Trinajstić information content (AvgIpc) is 3.14. The van der Waals surface area contributed by atoms with Crippen LogP contribution in [0.25, 0.3) is 22.2 Å². The Hall–Kier alpha value is -3.74. The fraction of sp³-hybridized carbons (Fsp3) is 0.217. The summed E-state index contributed by atoms with van der Waals surface area (Å²) in [6.07, 6.45) is 7.54. The first-order valence-electron chi connectivity index (χ1n) is 9.81. The Morgan fingerprint density at radius 3 is 2.53 bits per heavy atom. The van der Waals surface area contributed by atoms with Crippen molar-refractivity contribution in [3.8, 4) is 11.3 Å². The minimum atomic E-state index is -0.0316. The van der Waals surface area contributed by atoms with Crippen molar-refractivity contribution in [1.82, 2.24) is 24.4 Å². The number of hydrogen-bond acceptors (Lipinski definition) is 5. The predicted octanol–water partition coefficient (Wildman–Crippen LogP) is 4.52. The topological polar surface area (TPSA) is 75.9 Å². The molecule has 0 bridgehead atoms. The Morgan fingerprint density at radius 2 is 1.83 bits per heavy atom. The maximum Gasteiger partial charge on any atom is 0.253 e. The van der Waals surface area contributed by atoms with Crippen LogP contribution in [-0.4, -0.2) is 44.4 Å². The van der Waals surface area contributed by atoms with E-state index in [-0.39, 0.29) is 5.91 Å². The highest BCUT2D eigenvalue weighted by Gasteiger charge is 2.14. The maximum atomic E-state index is 12.0. The smallest absolute Gasteiger partial charge is 0.253 e. The zero-order chi connectivity index (χ0) is 21.3. The molecule has 0 atom stereocenters. The molecule has 0 aliphatic carbocycles. The van der Waals surface area contributed by atoms with Crippen molar-refractivity contribution in [2.45, 2.75) is 19.9 Å². The summed E-state index contributed by atoms with van der Waals surface area (Å²) in [7, 11) is 3.47. The van der Waals surface area contributed by atoms with E-state index in [9.17, 15) is 4.79 Å². The average molecular weight is 400 g/mol. The molecule has 152 valence electrons. The van der Waals surface area contributed by atoms with Crippen LogP contribution in [0.15, 0.2) is 61.2 Å². The summed E-state index contributed by atoms with van der Waals surface area (Å²) in [5.74, 6) is 0.467. The molecule has 3 aromatic heterocycles. The number of amides is 1. The van der Waals surface area contributed by atoms with Gasteiger partial charge in [0.05, 0.1) is 17.4 Å². The van der Waals surface area contributed by atoms with E-state index in [2.05, 4.69) is 39.9 Å². The largest absolute Gasteiger partial charge is 0.345 e. The number of carbonyl (C=O) groups excluding carboxylic acids is 1. The molecule has 0 saturated carbocycles. The third-order valence-electron chi connectivity index (χ3n) is 4.92. The van der Waals surface area contributed by atoms with Gasteiger partial charge in [0.25, 0.3) is 5.91 Å². The molecule has 0 fully saturated rings. The van der Waals surface area contributed by atoms with Crippen LogP contribution < -0.4 is 5.32 Å². The van der Waals surface area contributed by atoms with Crippen LogP contribution in [0.1, 0.15) is 30.2 Å². The van der Waals surface area contributed by atoms with Crippen LogP contribution >= 0.6 is 0 Å². The highest BCUT2D eigenvalue weighted by Crippen LogP contribution is 2.31. The summed E-state index contributed by atoms with van der Waals surface area (Å²) >= 11 is 0. The maximum absolute atomic E-state index is 12.0. The van der Waals surface area contributed by atoms with Crippen molar-refractivity contribution < 1.29 is 4.79 Å². The zero-order valence-electron chi connectivity index (χ0n) is 17.5. The second-order valence-corrected chi connectivity index (χ2v) is 7.60. The predicted molar refractivity (Wildman–Crippen MR) is 119 cm³/mol. The summed E-state index contributed by atoms with van der Waals surface area (Å²) in [5.41, 5.74) is 4.41. The highest BCUT2D eigenvalue weighted by molar-refractivity contribution is 5.95. The number of anilines is 2. The molecular weight excluding hydrogens is 376 g/mol. The molecule has 1 amide bonds. The van der Waals surface area contributed by atoms with Gasteiger partial charge >= 0.3 is 0 Å². The molecule has 0 aliphatic rings. The molecule has 1 N–H and O–H groups in total. The van der Waals surface area contributed by atoms with Gasteiger partial charge in [-0.2, -0.15) is 0 Å². The molecule has 4 rings (SSSR count). The first-order chi connectivity index (χ1) is 14.4. The molecule has 30 heavy (non-hydrogen) atoms. The number of rotatable bonds is 5. The summed E-state index contributed by atoms with van der Waals surface area (Å²) in [5, 5.41) is 4.33. The standard InChI is InChI=1S/C23H24N6O/c1-15(2)29-14-19(18-9-11-24-13-21(18)29)20-10-12-25-23(27-20)26-17-7-5-16(6-8-17)22(30)28(3)4/h5-15H,1-4H3,(H,25,26,27). The first kappa shape index (κ1) is 19.6. The minimum Gasteiger partial charge on any atom is -0.345 e. The van der Waals surface area contributed by atoms with E-state index in [1.807, 2.05) is 30.5 Å². The first-order valence-corrected chi connectivity index (χ1v) is 9.81.